The van der Waals surface area contributed by atoms with E-state index in [0.29, 0.717) is 29.7 Å². The molecule has 9 heteroatoms. The molecule has 1 fully saturated rings. The van der Waals surface area contributed by atoms with Crippen LogP contribution < -0.4 is 25.4 Å². The summed E-state index contributed by atoms with van der Waals surface area (Å²) in [5, 5.41) is 3.09. The number of pyridine rings is 1. The van der Waals surface area contributed by atoms with E-state index in [-0.39, 0.29) is 24.0 Å². The zero-order valence-electron chi connectivity index (χ0n) is 17.1. The molecule has 2 heterocycles. The van der Waals surface area contributed by atoms with E-state index >= 15 is 0 Å². The lowest BCUT2D eigenvalue weighted by Crippen LogP contribution is -2.45. The summed E-state index contributed by atoms with van der Waals surface area (Å²) in [6.07, 6.45) is 1.82. The van der Waals surface area contributed by atoms with E-state index < -0.39 is 0 Å². The van der Waals surface area contributed by atoms with Crippen LogP contribution in [0.15, 0.2) is 41.5 Å². The third-order valence-corrected chi connectivity index (χ3v) is 4.76. The molecule has 0 amide bonds. The molecule has 1 aromatic heterocycles. The van der Waals surface area contributed by atoms with Crippen molar-refractivity contribution >= 4 is 41.4 Å². The highest BCUT2D eigenvalue weighted by Gasteiger charge is 2.17. The van der Waals surface area contributed by atoms with E-state index in [0.717, 1.165) is 37.6 Å². The van der Waals surface area contributed by atoms with Crippen molar-refractivity contribution in [1.82, 2.24) is 9.88 Å². The van der Waals surface area contributed by atoms with Gasteiger partial charge in [-0.25, -0.2) is 9.98 Å². The Labute approximate surface area is 189 Å². The maximum absolute atomic E-state index is 6.12. The van der Waals surface area contributed by atoms with Crippen molar-refractivity contribution in [2.75, 3.05) is 57.7 Å². The molecular weight excluding hydrogens is 483 g/mol. The summed E-state index contributed by atoms with van der Waals surface area (Å²) in [5.74, 6) is 2.66. The number of piperazine rings is 1. The van der Waals surface area contributed by atoms with Gasteiger partial charge >= 0.3 is 0 Å². The Morgan fingerprint density at radius 3 is 2.62 bits per heavy atom. The highest BCUT2D eigenvalue weighted by atomic mass is 127. The van der Waals surface area contributed by atoms with E-state index in [9.17, 15) is 0 Å². The molecule has 1 saturated heterocycles. The topological polar surface area (TPSA) is 88.2 Å². The normalized spacial score (nSPS) is 14.9. The van der Waals surface area contributed by atoms with Gasteiger partial charge in [-0.05, 0) is 25.2 Å². The van der Waals surface area contributed by atoms with Gasteiger partial charge in [0, 0.05) is 44.0 Å². The fourth-order valence-electron chi connectivity index (χ4n) is 3.12. The van der Waals surface area contributed by atoms with Crippen LogP contribution in [0.2, 0.25) is 0 Å². The molecule has 8 nitrogen and oxygen atoms in total. The first-order chi connectivity index (χ1) is 13.6. The molecule has 2 aromatic rings. The van der Waals surface area contributed by atoms with Crippen molar-refractivity contribution in [3.63, 3.8) is 0 Å². The highest BCUT2D eigenvalue weighted by molar-refractivity contribution is 14.0. The first kappa shape index (κ1) is 23.0. The quantitative estimate of drug-likeness (QED) is 0.349. The van der Waals surface area contributed by atoms with Crippen LogP contribution in [0, 0.1) is 0 Å². The van der Waals surface area contributed by atoms with Crippen LogP contribution in [0.25, 0.3) is 0 Å². The van der Waals surface area contributed by atoms with Gasteiger partial charge < -0.3 is 30.3 Å². The summed E-state index contributed by atoms with van der Waals surface area (Å²) in [6.45, 7) is 4.41. The van der Waals surface area contributed by atoms with Crippen molar-refractivity contribution in [3.05, 3.63) is 42.1 Å². The van der Waals surface area contributed by atoms with E-state index in [1.165, 1.54) is 0 Å². The number of rotatable bonds is 6. The molecule has 0 saturated carbocycles. The fraction of sp³-hybridized carbons (Fsp3) is 0.400. The Morgan fingerprint density at radius 2 is 1.93 bits per heavy atom. The number of anilines is 2. The van der Waals surface area contributed by atoms with Gasteiger partial charge in [-0.2, -0.15) is 0 Å². The minimum absolute atomic E-state index is 0. The third kappa shape index (κ3) is 6.10. The van der Waals surface area contributed by atoms with E-state index in [1.807, 2.05) is 36.5 Å². The number of hydrogen-bond acceptors (Lipinski definition) is 6. The lowest BCUT2D eigenvalue weighted by molar-refractivity contribution is 0.312. The SMILES string of the molecule is COc1ccc(OC)c(NC(N)=NCc2cccnc2N2CCN(C)CC2)c1.I. The van der Waals surface area contributed by atoms with E-state index in [1.54, 1.807) is 14.2 Å². The number of halogens is 1. The molecular formula is C20H29IN6O2. The summed E-state index contributed by atoms with van der Waals surface area (Å²) < 4.78 is 10.6. The van der Waals surface area contributed by atoms with E-state index in [4.69, 9.17) is 15.2 Å². The second kappa shape index (κ2) is 11.1. The average Bonchev–Trinajstić information content (AvgIpc) is 2.73. The average molecular weight is 512 g/mol. The number of benzene rings is 1. The highest BCUT2D eigenvalue weighted by Crippen LogP contribution is 2.28. The first-order valence-corrected chi connectivity index (χ1v) is 9.27. The number of methoxy groups -OCH3 is 2. The maximum atomic E-state index is 6.12. The second-order valence-corrected chi connectivity index (χ2v) is 6.67. The lowest BCUT2D eigenvalue weighted by Gasteiger charge is -2.34. The summed E-state index contributed by atoms with van der Waals surface area (Å²) >= 11 is 0. The van der Waals surface area contributed by atoms with Gasteiger partial charge in [0.25, 0.3) is 0 Å². The standard InChI is InChI=1S/C20H28N6O2.HI/c1-25-9-11-26(12-10-25)19-15(5-4-8-22-19)14-23-20(21)24-17-13-16(27-2)6-7-18(17)28-3;/h4-8,13H,9-12,14H2,1-3H3,(H3,21,23,24);1H. The van der Waals surface area contributed by atoms with Crippen molar-refractivity contribution in [2.24, 2.45) is 10.7 Å². The summed E-state index contributed by atoms with van der Waals surface area (Å²) in [7, 11) is 5.36. The van der Waals surface area contributed by atoms with E-state index in [2.05, 4.69) is 32.1 Å². The molecule has 3 rings (SSSR count). The molecule has 0 unspecified atom stereocenters. The van der Waals surface area contributed by atoms with Gasteiger partial charge in [-0.3, -0.25) is 0 Å². The van der Waals surface area contributed by atoms with Crippen LogP contribution in [-0.2, 0) is 6.54 Å². The van der Waals surface area contributed by atoms with Crippen molar-refractivity contribution < 1.29 is 9.47 Å². The molecule has 0 radical (unpaired) electrons. The number of ether oxygens (including phenoxy) is 2. The van der Waals surface area contributed by atoms with Gasteiger partial charge in [0.15, 0.2) is 5.96 Å². The number of hydrogen-bond donors (Lipinski definition) is 2. The van der Waals surface area contributed by atoms with Gasteiger partial charge in [0.2, 0.25) is 0 Å². The smallest absolute Gasteiger partial charge is 0.193 e. The number of nitrogens with zero attached hydrogens (tertiary/aromatic N) is 4. The minimum Gasteiger partial charge on any atom is -0.497 e. The predicted octanol–water partition coefficient (Wildman–Crippen LogP) is 2.40. The molecule has 3 N–H and O–H groups in total. The number of guanidine groups is 1. The van der Waals surface area contributed by atoms with Crippen LogP contribution >= 0.6 is 24.0 Å². The van der Waals surface area contributed by atoms with Crippen molar-refractivity contribution in [1.29, 1.82) is 0 Å². The Balaban J connectivity index is 0.00000300. The maximum Gasteiger partial charge on any atom is 0.193 e. The van der Waals surface area contributed by atoms with Crippen LogP contribution in [0.1, 0.15) is 5.56 Å². The van der Waals surface area contributed by atoms with Crippen molar-refractivity contribution in [3.8, 4) is 11.5 Å². The molecule has 29 heavy (non-hydrogen) atoms. The zero-order valence-corrected chi connectivity index (χ0v) is 19.4. The minimum atomic E-state index is 0. The van der Waals surface area contributed by atoms with Gasteiger partial charge in [0.05, 0.1) is 26.5 Å². The predicted molar refractivity (Wildman–Crippen MR) is 128 cm³/mol. The van der Waals surface area contributed by atoms with Crippen LogP contribution in [0.3, 0.4) is 0 Å². The number of aliphatic imine (C=N–C) groups is 1. The third-order valence-electron chi connectivity index (χ3n) is 4.76. The molecule has 0 atom stereocenters. The number of nitrogens with one attached hydrogen (secondary N) is 1. The molecule has 1 aliphatic rings. The Morgan fingerprint density at radius 1 is 1.17 bits per heavy atom. The van der Waals surface area contributed by atoms with Crippen molar-refractivity contribution in [2.45, 2.75) is 6.54 Å². The largest absolute Gasteiger partial charge is 0.497 e. The summed E-state index contributed by atoms with van der Waals surface area (Å²) in [6, 6.07) is 9.44. The number of likely N-dealkylation sites (N-methyl/N-ethyl adjacent to an activating group) is 1. The monoisotopic (exact) mass is 512 g/mol. The molecule has 1 aliphatic heterocycles. The zero-order chi connectivity index (χ0) is 19.9. The Kier molecular flexibility index (Phi) is 8.77. The fourth-order valence-corrected chi connectivity index (χ4v) is 3.12. The van der Waals surface area contributed by atoms with Gasteiger partial charge in [0.1, 0.15) is 17.3 Å². The summed E-state index contributed by atoms with van der Waals surface area (Å²) in [5.41, 5.74) is 7.87. The van der Waals surface area contributed by atoms with Crippen LogP contribution in [0.4, 0.5) is 11.5 Å². The van der Waals surface area contributed by atoms with Gasteiger partial charge in [-0.1, -0.05) is 6.07 Å². The Bertz CT molecular complexity index is 824. The lowest BCUT2D eigenvalue weighted by atomic mass is 10.2. The summed E-state index contributed by atoms with van der Waals surface area (Å²) in [4.78, 5) is 13.7. The molecule has 0 bridgehead atoms. The second-order valence-electron chi connectivity index (χ2n) is 6.67. The Hall–Kier alpha value is -2.27. The van der Waals surface area contributed by atoms with Gasteiger partial charge in [-0.15, -0.1) is 24.0 Å². The molecule has 0 spiro atoms. The van der Waals surface area contributed by atoms with Crippen LogP contribution in [-0.4, -0.2) is 63.3 Å². The molecule has 158 valence electrons. The molecule has 1 aromatic carbocycles. The number of aromatic nitrogens is 1. The first-order valence-electron chi connectivity index (χ1n) is 9.27. The molecule has 0 aliphatic carbocycles. The number of nitrogens with two attached hydrogens (primary N) is 1. The van der Waals surface area contributed by atoms with Crippen LogP contribution in [0.5, 0.6) is 11.5 Å².